The number of carbonyl (C=O) groups is 2. The molecule has 0 aliphatic carbocycles. The summed E-state index contributed by atoms with van der Waals surface area (Å²) in [5.74, 6) is -3.30. The van der Waals surface area contributed by atoms with Gasteiger partial charge in [-0.15, -0.1) is 11.6 Å². The van der Waals surface area contributed by atoms with Crippen molar-refractivity contribution < 1.29 is 32.2 Å². The van der Waals surface area contributed by atoms with Gasteiger partial charge in [-0.05, 0) is 43.5 Å². The van der Waals surface area contributed by atoms with Gasteiger partial charge in [0, 0.05) is 17.6 Å². The first-order valence-electron chi connectivity index (χ1n) is 8.44. The Bertz CT molecular complexity index is 922. The second kappa shape index (κ2) is 9.60. The maximum absolute atomic E-state index is 12.4. The Kier molecular flexibility index (Phi) is 7.44. The molecule has 2 rings (SSSR count). The van der Waals surface area contributed by atoms with Crippen molar-refractivity contribution in [3.05, 3.63) is 47.6 Å². The van der Waals surface area contributed by atoms with Crippen LogP contribution in [-0.2, 0) is 14.3 Å². The zero-order valence-electron chi connectivity index (χ0n) is 15.6. The second-order valence-corrected chi connectivity index (χ2v) is 6.37. The van der Waals surface area contributed by atoms with Crippen LogP contribution < -0.4 is 4.74 Å². The number of esters is 2. The number of benzene rings is 1. The SMILES string of the molecule is COc1cc(C=C(CCCCl)C(=O)OC(=O)C(F)(F)F)ccc1-n1cnc(C)c1. The molecule has 2 aromatic rings. The molecule has 0 atom stereocenters. The number of halogens is 4. The van der Waals surface area contributed by atoms with E-state index in [2.05, 4.69) is 9.72 Å². The maximum Gasteiger partial charge on any atom is 0.491 e. The van der Waals surface area contributed by atoms with Crippen LogP contribution in [0.2, 0.25) is 0 Å². The lowest BCUT2D eigenvalue weighted by Gasteiger charge is -2.11. The van der Waals surface area contributed by atoms with Crippen LogP contribution in [0.1, 0.15) is 24.1 Å². The van der Waals surface area contributed by atoms with Gasteiger partial charge >= 0.3 is 18.1 Å². The minimum atomic E-state index is -5.26. The molecular formula is C19H18ClF3N2O4. The van der Waals surface area contributed by atoms with Crippen molar-refractivity contribution in [2.45, 2.75) is 25.9 Å². The van der Waals surface area contributed by atoms with Gasteiger partial charge in [0.25, 0.3) is 0 Å². The number of imidazole rings is 1. The molecule has 29 heavy (non-hydrogen) atoms. The first-order valence-corrected chi connectivity index (χ1v) is 8.98. The maximum atomic E-state index is 12.4. The van der Waals surface area contributed by atoms with Gasteiger partial charge in [0.05, 0.1) is 24.8 Å². The molecule has 0 fully saturated rings. The molecule has 1 aromatic heterocycles. The van der Waals surface area contributed by atoms with E-state index in [4.69, 9.17) is 16.3 Å². The van der Waals surface area contributed by atoms with Crippen LogP contribution >= 0.6 is 11.6 Å². The van der Waals surface area contributed by atoms with Crippen molar-refractivity contribution in [3.63, 3.8) is 0 Å². The lowest BCUT2D eigenvalue weighted by atomic mass is 10.1. The van der Waals surface area contributed by atoms with Crippen molar-refractivity contribution in [1.82, 2.24) is 9.55 Å². The number of hydrogen-bond donors (Lipinski definition) is 0. The Morgan fingerprint density at radius 1 is 1.31 bits per heavy atom. The Morgan fingerprint density at radius 3 is 2.59 bits per heavy atom. The number of ether oxygens (including phenoxy) is 2. The Morgan fingerprint density at radius 2 is 2.03 bits per heavy atom. The van der Waals surface area contributed by atoms with Crippen LogP contribution in [0, 0.1) is 6.92 Å². The average molecular weight is 431 g/mol. The van der Waals surface area contributed by atoms with Gasteiger partial charge in [-0.2, -0.15) is 13.2 Å². The first-order chi connectivity index (χ1) is 13.7. The number of nitrogens with zero attached hydrogens (tertiary/aromatic N) is 2. The van der Waals surface area contributed by atoms with Crippen molar-refractivity contribution in [3.8, 4) is 11.4 Å². The highest BCUT2D eigenvalue weighted by Crippen LogP contribution is 2.27. The molecule has 1 heterocycles. The summed E-state index contributed by atoms with van der Waals surface area (Å²) < 4.78 is 48.1. The summed E-state index contributed by atoms with van der Waals surface area (Å²) in [6.07, 6.45) is -0.177. The molecule has 1 aromatic carbocycles. The molecule has 0 spiro atoms. The number of alkyl halides is 4. The number of aromatic nitrogens is 2. The molecule has 0 aliphatic heterocycles. The standard InChI is InChI=1S/C19H18ClF3N2O4/c1-12-10-25(11-24-12)15-6-5-13(9-16(15)28-2)8-14(4-3-7-20)17(26)29-18(27)19(21,22)23/h5-6,8-11H,3-4,7H2,1-2H3. The lowest BCUT2D eigenvalue weighted by Crippen LogP contribution is -2.28. The molecule has 0 amide bonds. The van der Waals surface area contributed by atoms with Gasteiger partial charge in [0.15, 0.2) is 0 Å². The number of rotatable bonds is 7. The minimum Gasteiger partial charge on any atom is -0.495 e. The monoisotopic (exact) mass is 430 g/mol. The van der Waals surface area contributed by atoms with E-state index in [1.807, 2.05) is 6.92 Å². The zero-order valence-corrected chi connectivity index (χ0v) is 16.4. The molecule has 0 saturated heterocycles. The summed E-state index contributed by atoms with van der Waals surface area (Å²) in [6.45, 7) is 1.83. The molecule has 0 N–H and O–H groups in total. The van der Waals surface area contributed by atoms with Gasteiger partial charge < -0.3 is 14.0 Å². The van der Waals surface area contributed by atoms with E-state index in [1.54, 1.807) is 35.3 Å². The highest BCUT2D eigenvalue weighted by atomic mass is 35.5. The quantitative estimate of drug-likeness (QED) is 0.284. The fourth-order valence-electron chi connectivity index (χ4n) is 2.45. The van der Waals surface area contributed by atoms with E-state index >= 15 is 0 Å². The highest BCUT2D eigenvalue weighted by Gasteiger charge is 2.42. The smallest absolute Gasteiger partial charge is 0.491 e. The largest absolute Gasteiger partial charge is 0.495 e. The van der Waals surface area contributed by atoms with Crippen molar-refractivity contribution in [2.24, 2.45) is 0 Å². The van der Waals surface area contributed by atoms with Gasteiger partial charge in [-0.3, -0.25) is 0 Å². The molecule has 10 heteroatoms. The summed E-state index contributed by atoms with van der Waals surface area (Å²) >= 11 is 5.61. The Balaban J connectivity index is 2.34. The van der Waals surface area contributed by atoms with Gasteiger partial charge in [-0.1, -0.05) is 6.07 Å². The lowest BCUT2D eigenvalue weighted by molar-refractivity contribution is -0.200. The molecule has 6 nitrogen and oxygen atoms in total. The average Bonchev–Trinajstić information content (AvgIpc) is 3.10. The van der Waals surface area contributed by atoms with Crippen LogP contribution in [0.15, 0.2) is 36.3 Å². The minimum absolute atomic E-state index is 0.0399. The Hall–Kier alpha value is -2.81. The molecule has 0 saturated carbocycles. The van der Waals surface area contributed by atoms with E-state index in [1.165, 1.54) is 13.2 Å². The first kappa shape index (κ1) is 22.5. The van der Waals surface area contributed by atoms with Gasteiger partial charge in [0.2, 0.25) is 0 Å². The van der Waals surface area contributed by atoms with Gasteiger partial charge in [0.1, 0.15) is 5.75 Å². The number of hydrogen-bond acceptors (Lipinski definition) is 5. The van der Waals surface area contributed by atoms with E-state index in [-0.39, 0.29) is 17.9 Å². The third kappa shape index (κ3) is 6.08. The van der Waals surface area contributed by atoms with E-state index in [9.17, 15) is 22.8 Å². The number of methoxy groups -OCH3 is 1. The van der Waals surface area contributed by atoms with Crippen molar-refractivity contribution in [1.29, 1.82) is 0 Å². The number of aryl methyl sites for hydroxylation is 1. The summed E-state index contributed by atoms with van der Waals surface area (Å²) in [4.78, 5) is 27.2. The van der Waals surface area contributed by atoms with Crippen molar-refractivity contribution in [2.75, 3.05) is 13.0 Å². The third-order valence-corrected chi connectivity index (χ3v) is 4.06. The predicted octanol–water partition coefficient (Wildman–Crippen LogP) is 4.22. The third-order valence-electron chi connectivity index (χ3n) is 3.79. The van der Waals surface area contributed by atoms with Crippen LogP contribution in [0.3, 0.4) is 0 Å². The Labute approximate surface area is 169 Å². The highest BCUT2D eigenvalue weighted by molar-refractivity contribution is 6.17. The molecule has 0 radical (unpaired) electrons. The summed E-state index contributed by atoms with van der Waals surface area (Å²) in [6, 6.07) is 4.95. The van der Waals surface area contributed by atoms with Crippen LogP contribution in [0.5, 0.6) is 5.75 Å². The topological polar surface area (TPSA) is 70.4 Å². The summed E-state index contributed by atoms with van der Waals surface area (Å²) in [7, 11) is 1.46. The molecular weight excluding hydrogens is 413 g/mol. The zero-order chi connectivity index (χ0) is 21.6. The fraction of sp³-hybridized carbons (Fsp3) is 0.316. The summed E-state index contributed by atoms with van der Waals surface area (Å²) in [5, 5.41) is 0. The van der Waals surface area contributed by atoms with Crippen LogP contribution in [0.25, 0.3) is 11.8 Å². The molecule has 0 bridgehead atoms. The number of carbonyl (C=O) groups excluding carboxylic acids is 2. The van der Waals surface area contributed by atoms with Crippen LogP contribution in [-0.4, -0.2) is 40.7 Å². The van der Waals surface area contributed by atoms with E-state index in [0.717, 1.165) is 5.69 Å². The summed E-state index contributed by atoms with van der Waals surface area (Å²) in [5.41, 5.74) is 1.85. The second-order valence-electron chi connectivity index (χ2n) is 5.99. The fourth-order valence-corrected chi connectivity index (χ4v) is 2.58. The van der Waals surface area contributed by atoms with Crippen molar-refractivity contribution >= 4 is 29.6 Å². The van der Waals surface area contributed by atoms with E-state index in [0.29, 0.717) is 23.4 Å². The normalized spacial score (nSPS) is 12.0. The molecule has 156 valence electrons. The van der Waals surface area contributed by atoms with Gasteiger partial charge in [-0.25, -0.2) is 14.6 Å². The molecule has 0 aliphatic rings. The predicted molar refractivity (Wildman–Crippen MR) is 99.9 cm³/mol. The van der Waals surface area contributed by atoms with E-state index < -0.39 is 18.1 Å². The molecule has 0 unspecified atom stereocenters. The van der Waals surface area contributed by atoms with Crippen LogP contribution in [0.4, 0.5) is 13.2 Å².